The average Bonchev–Trinajstić information content (AvgIpc) is 2.73. The molecule has 1 aromatic carbocycles. The molecule has 1 aromatic rings. The summed E-state index contributed by atoms with van der Waals surface area (Å²) in [6.07, 6.45) is -5.02. The summed E-state index contributed by atoms with van der Waals surface area (Å²) in [5, 5.41) is 19.8. The van der Waals surface area contributed by atoms with Gasteiger partial charge in [0, 0.05) is 19.2 Å². The minimum atomic E-state index is -4.76. The highest BCUT2D eigenvalue weighted by Crippen LogP contribution is 2.42. The molecule has 1 aliphatic heterocycles. The van der Waals surface area contributed by atoms with Crippen LogP contribution in [0.2, 0.25) is 5.02 Å². The fraction of sp³-hybridized carbons (Fsp3) is 0.455. The van der Waals surface area contributed by atoms with Crippen LogP contribution < -0.4 is 4.90 Å². The lowest BCUT2D eigenvalue weighted by molar-refractivity contribution is -0.384. The van der Waals surface area contributed by atoms with Gasteiger partial charge in [-0.2, -0.15) is 13.2 Å². The van der Waals surface area contributed by atoms with Gasteiger partial charge < -0.3 is 10.0 Å². The zero-order valence-corrected chi connectivity index (χ0v) is 10.8. The van der Waals surface area contributed by atoms with Gasteiger partial charge in [0.1, 0.15) is 5.69 Å². The molecular weight excluding hydrogens is 301 g/mol. The fourth-order valence-corrected chi connectivity index (χ4v) is 2.39. The summed E-state index contributed by atoms with van der Waals surface area (Å²) in [4.78, 5) is 11.5. The van der Waals surface area contributed by atoms with Gasteiger partial charge in [-0.3, -0.25) is 10.1 Å². The van der Waals surface area contributed by atoms with Crippen LogP contribution in [-0.2, 0) is 6.18 Å². The number of hydrogen-bond acceptors (Lipinski definition) is 4. The number of aliphatic hydroxyl groups excluding tert-OH is 1. The highest BCUT2D eigenvalue weighted by molar-refractivity contribution is 6.31. The third kappa shape index (κ3) is 2.80. The SMILES string of the molecule is O=[N+]([O-])c1cc(C(F)(F)F)c(Cl)cc1N1CC[C@H](O)C1. The van der Waals surface area contributed by atoms with E-state index in [-0.39, 0.29) is 12.2 Å². The molecule has 0 aromatic heterocycles. The maximum atomic E-state index is 12.7. The molecule has 9 heteroatoms. The molecule has 1 heterocycles. The van der Waals surface area contributed by atoms with Gasteiger partial charge in [0.25, 0.3) is 5.69 Å². The molecule has 0 unspecified atom stereocenters. The van der Waals surface area contributed by atoms with E-state index < -0.39 is 33.5 Å². The van der Waals surface area contributed by atoms with Crippen molar-refractivity contribution in [1.82, 2.24) is 0 Å². The van der Waals surface area contributed by atoms with Crippen molar-refractivity contribution < 1.29 is 23.2 Å². The Morgan fingerprint density at radius 1 is 1.45 bits per heavy atom. The predicted molar refractivity (Wildman–Crippen MR) is 65.9 cm³/mol. The zero-order valence-electron chi connectivity index (χ0n) is 10.0. The second-order valence-electron chi connectivity index (χ2n) is 4.46. The number of rotatable bonds is 2. The Morgan fingerprint density at radius 2 is 2.10 bits per heavy atom. The van der Waals surface area contributed by atoms with E-state index in [4.69, 9.17) is 11.6 Å². The smallest absolute Gasteiger partial charge is 0.391 e. The lowest BCUT2D eigenvalue weighted by atomic mass is 10.1. The molecule has 1 saturated heterocycles. The molecular formula is C11H10ClF3N2O3. The normalized spacial score (nSPS) is 19.4. The maximum absolute atomic E-state index is 12.7. The fourth-order valence-electron chi connectivity index (χ4n) is 2.13. The first-order valence-corrected chi connectivity index (χ1v) is 6.06. The van der Waals surface area contributed by atoms with Crippen molar-refractivity contribution in [3.63, 3.8) is 0 Å². The Balaban J connectivity index is 2.52. The Bertz CT molecular complexity index is 550. The van der Waals surface area contributed by atoms with Gasteiger partial charge in [-0.25, -0.2) is 0 Å². The molecule has 0 aliphatic carbocycles. The van der Waals surface area contributed by atoms with E-state index in [1.165, 1.54) is 4.90 Å². The van der Waals surface area contributed by atoms with E-state index in [0.29, 0.717) is 19.0 Å². The zero-order chi connectivity index (χ0) is 15.1. The van der Waals surface area contributed by atoms with E-state index in [1.807, 2.05) is 0 Å². The molecule has 110 valence electrons. The van der Waals surface area contributed by atoms with Crippen molar-refractivity contribution >= 4 is 23.0 Å². The summed E-state index contributed by atoms with van der Waals surface area (Å²) in [6.45, 7) is 0.451. The van der Waals surface area contributed by atoms with Gasteiger partial charge in [0.2, 0.25) is 0 Å². The van der Waals surface area contributed by atoms with E-state index >= 15 is 0 Å². The average molecular weight is 311 g/mol. The monoisotopic (exact) mass is 310 g/mol. The molecule has 0 bridgehead atoms. The van der Waals surface area contributed by atoms with Crippen molar-refractivity contribution in [2.45, 2.75) is 18.7 Å². The van der Waals surface area contributed by atoms with Gasteiger partial charge in [-0.1, -0.05) is 11.6 Å². The minimum Gasteiger partial charge on any atom is -0.391 e. The van der Waals surface area contributed by atoms with Gasteiger partial charge >= 0.3 is 6.18 Å². The summed E-state index contributed by atoms with van der Waals surface area (Å²) in [5.41, 5.74) is -1.92. The molecule has 1 N–H and O–H groups in total. The van der Waals surface area contributed by atoms with Crippen LogP contribution in [0.3, 0.4) is 0 Å². The molecule has 1 aliphatic rings. The first-order valence-electron chi connectivity index (χ1n) is 5.68. The number of aliphatic hydroxyl groups is 1. The maximum Gasteiger partial charge on any atom is 0.418 e. The molecule has 0 radical (unpaired) electrons. The van der Waals surface area contributed by atoms with Crippen LogP contribution in [0.4, 0.5) is 24.5 Å². The van der Waals surface area contributed by atoms with Gasteiger partial charge in [-0.05, 0) is 12.5 Å². The van der Waals surface area contributed by atoms with Gasteiger partial charge in [-0.15, -0.1) is 0 Å². The Hall–Kier alpha value is -1.54. The van der Waals surface area contributed by atoms with Gasteiger partial charge in [0.05, 0.1) is 21.6 Å². The molecule has 1 atom stereocenters. The molecule has 2 rings (SSSR count). The first-order chi connectivity index (χ1) is 9.20. The Kier molecular flexibility index (Phi) is 3.79. The third-order valence-electron chi connectivity index (χ3n) is 3.07. The lowest BCUT2D eigenvalue weighted by Gasteiger charge is -2.19. The Morgan fingerprint density at radius 3 is 2.55 bits per heavy atom. The minimum absolute atomic E-state index is 0.00968. The van der Waals surface area contributed by atoms with Crippen LogP contribution in [0.1, 0.15) is 12.0 Å². The van der Waals surface area contributed by atoms with Gasteiger partial charge in [0.15, 0.2) is 0 Å². The Labute approximate surface area is 116 Å². The number of nitro groups is 1. The molecule has 0 saturated carbocycles. The van der Waals surface area contributed by atoms with E-state index in [0.717, 1.165) is 6.07 Å². The quantitative estimate of drug-likeness (QED) is 0.674. The molecule has 0 amide bonds. The number of benzene rings is 1. The largest absolute Gasteiger partial charge is 0.418 e. The number of hydrogen-bond donors (Lipinski definition) is 1. The number of alkyl halides is 3. The lowest BCUT2D eigenvalue weighted by Crippen LogP contribution is -2.22. The number of nitrogens with zero attached hydrogens (tertiary/aromatic N) is 2. The molecule has 5 nitrogen and oxygen atoms in total. The molecule has 20 heavy (non-hydrogen) atoms. The van der Waals surface area contributed by atoms with E-state index in [1.54, 1.807) is 0 Å². The van der Waals surface area contributed by atoms with Crippen molar-refractivity contribution in [1.29, 1.82) is 0 Å². The van der Waals surface area contributed by atoms with Crippen molar-refractivity contribution in [2.75, 3.05) is 18.0 Å². The van der Waals surface area contributed by atoms with Crippen molar-refractivity contribution in [3.05, 3.63) is 32.8 Å². The van der Waals surface area contributed by atoms with E-state index in [9.17, 15) is 28.4 Å². The topological polar surface area (TPSA) is 66.6 Å². The van der Waals surface area contributed by atoms with Crippen LogP contribution in [0.15, 0.2) is 12.1 Å². The number of β-amino-alcohol motifs (C(OH)–C–C–N with tert-alkyl or cyclic N) is 1. The number of halogens is 4. The summed E-state index contributed by atoms with van der Waals surface area (Å²) in [7, 11) is 0. The summed E-state index contributed by atoms with van der Waals surface area (Å²) >= 11 is 5.57. The van der Waals surface area contributed by atoms with Crippen LogP contribution in [0, 0.1) is 10.1 Å². The van der Waals surface area contributed by atoms with Crippen LogP contribution in [0.25, 0.3) is 0 Å². The second kappa shape index (κ2) is 5.10. The van der Waals surface area contributed by atoms with E-state index in [2.05, 4.69) is 0 Å². The summed E-state index contributed by atoms with van der Waals surface area (Å²) in [5.74, 6) is 0. The summed E-state index contributed by atoms with van der Waals surface area (Å²) in [6, 6.07) is 1.36. The highest BCUT2D eigenvalue weighted by Gasteiger charge is 2.37. The predicted octanol–water partition coefficient (Wildman–Crippen LogP) is 2.84. The highest BCUT2D eigenvalue weighted by atomic mass is 35.5. The third-order valence-corrected chi connectivity index (χ3v) is 3.38. The summed E-state index contributed by atoms with van der Waals surface area (Å²) < 4.78 is 38.1. The van der Waals surface area contributed by atoms with Crippen LogP contribution >= 0.6 is 11.6 Å². The molecule has 1 fully saturated rings. The second-order valence-corrected chi connectivity index (χ2v) is 4.87. The van der Waals surface area contributed by atoms with Crippen molar-refractivity contribution in [2.24, 2.45) is 0 Å². The van der Waals surface area contributed by atoms with Crippen LogP contribution in [-0.4, -0.2) is 29.2 Å². The number of anilines is 1. The standard InChI is InChI=1S/C11H10ClF3N2O3/c12-8-4-9(16-2-1-6(18)5-16)10(17(19)20)3-7(8)11(13,14)15/h3-4,6,18H,1-2,5H2/t6-/m0/s1. The molecule has 0 spiro atoms. The number of nitro benzene ring substituents is 1. The first kappa shape index (κ1) is 14.9. The van der Waals surface area contributed by atoms with Crippen molar-refractivity contribution in [3.8, 4) is 0 Å². The van der Waals surface area contributed by atoms with Crippen LogP contribution in [0.5, 0.6) is 0 Å².